The second-order valence-corrected chi connectivity index (χ2v) is 2.59. The molecule has 3 heteroatoms. The Morgan fingerprint density at radius 2 is 2.00 bits per heavy atom. The first-order valence-corrected chi connectivity index (χ1v) is 3.62. The van der Waals surface area contributed by atoms with Gasteiger partial charge in [0, 0.05) is 12.3 Å². The van der Waals surface area contributed by atoms with Gasteiger partial charge in [-0.3, -0.25) is 0 Å². The van der Waals surface area contributed by atoms with Gasteiger partial charge in [-0.2, -0.15) is 0 Å². The van der Waals surface area contributed by atoms with Crippen LogP contribution in [0.1, 0.15) is 26.7 Å². The van der Waals surface area contributed by atoms with Gasteiger partial charge in [0.1, 0.15) is 0 Å². The van der Waals surface area contributed by atoms with E-state index in [-0.39, 0.29) is 6.42 Å². The summed E-state index contributed by atoms with van der Waals surface area (Å²) in [6.45, 7) is 3.38. The summed E-state index contributed by atoms with van der Waals surface area (Å²) in [4.78, 5) is 0. The Labute approximate surface area is 60.6 Å². The van der Waals surface area contributed by atoms with E-state index in [0.29, 0.717) is 13.0 Å². The topological polar surface area (TPSA) is 26.0 Å². The number of hydrogen-bond acceptors (Lipinski definition) is 1. The first kappa shape index (κ1) is 9.82. The summed E-state index contributed by atoms with van der Waals surface area (Å²) < 4.78 is 25.4. The number of hydrogen-bond donors (Lipinski definition) is 1. The Morgan fingerprint density at radius 3 is 2.30 bits per heavy atom. The molecule has 0 heterocycles. The van der Waals surface area contributed by atoms with E-state index < -0.39 is 11.8 Å². The Bertz CT molecular complexity index is 93.6. The maximum atomic E-state index is 12.7. The van der Waals surface area contributed by atoms with E-state index in [1.54, 1.807) is 0 Å². The van der Waals surface area contributed by atoms with Crippen molar-refractivity contribution in [1.29, 1.82) is 0 Å². The van der Waals surface area contributed by atoms with E-state index in [1.807, 2.05) is 0 Å². The molecule has 0 saturated carbocycles. The summed E-state index contributed by atoms with van der Waals surface area (Å²) in [5.41, 5.74) is 5.15. The van der Waals surface area contributed by atoms with Gasteiger partial charge in [0.15, 0.2) is 0 Å². The zero-order chi connectivity index (χ0) is 8.20. The maximum Gasteiger partial charge on any atom is 0.250 e. The molecule has 1 nitrogen and oxygen atoms in total. The highest BCUT2D eigenvalue weighted by Crippen LogP contribution is 2.29. The maximum absolute atomic E-state index is 12.7. The van der Waals surface area contributed by atoms with Crippen molar-refractivity contribution in [3.05, 3.63) is 0 Å². The molecule has 0 radical (unpaired) electrons. The summed E-state index contributed by atoms with van der Waals surface area (Å²) in [7, 11) is 0. The minimum Gasteiger partial charge on any atom is -0.330 e. The third kappa shape index (κ3) is 2.60. The third-order valence-electron chi connectivity index (χ3n) is 1.79. The van der Waals surface area contributed by atoms with Crippen LogP contribution >= 0.6 is 0 Å². The van der Waals surface area contributed by atoms with Crippen LogP contribution in [0.2, 0.25) is 0 Å². The molecular weight excluding hydrogens is 136 g/mol. The van der Waals surface area contributed by atoms with E-state index >= 15 is 0 Å². The normalized spacial score (nSPS) is 15.3. The second-order valence-electron chi connectivity index (χ2n) is 2.59. The van der Waals surface area contributed by atoms with Crippen molar-refractivity contribution in [2.24, 2.45) is 11.7 Å². The molecular formula is C7H15F2N. The minimum absolute atomic E-state index is 0.0891. The monoisotopic (exact) mass is 151 g/mol. The van der Waals surface area contributed by atoms with E-state index in [4.69, 9.17) is 5.73 Å². The summed E-state index contributed by atoms with van der Waals surface area (Å²) >= 11 is 0. The van der Waals surface area contributed by atoms with Gasteiger partial charge in [0.25, 0.3) is 0 Å². The molecule has 0 spiro atoms. The summed E-state index contributed by atoms with van der Waals surface area (Å²) in [5, 5.41) is 0. The minimum atomic E-state index is -2.53. The lowest BCUT2D eigenvalue weighted by atomic mass is 9.98. The zero-order valence-corrected chi connectivity index (χ0v) is 6.53. The van der Waals surface area contributed by atoms with Gasteiger partial charge in [-0.25, -0.2) is 8.78 Å². The molecule has 2 N–H and O–H groups in total. The molecule has 1 unspecified atom stereocenters. The molecule has 0 aromatic rings. The molecule has 0 aromatic carbocycles. The van der Waals surface area contributed by atoms with Crippen molar-refractivity contribution < 1.29 is 8.78 Å². The average molecular weight is 151 g/mol. The predicted octanol–water partition coefficient (Wildman–Crippen LogP) is 2.02. The highest BCUT2D eigenvalue weighted by molar-refractivity contribution is 4.71. The molecule has 0 saturated heterocycles. The summed E-state index contributed by atoms with van der Waals surface area (Å²) in [6.07, 6.45) is 0.314. The van der Waals surface area contributed by atoms with Gasteiger partial charge < -0.3 is 5.73 Å². The van der Waals surface area contributed by atoms with Crippen molar-refractivity contribution in [3.8, 4) is 0 Å². The van der Waals surface area contributed by atoms with E-state index in [0.717, 1.165) is 0 Å². The van der Waals surface area contributed by atoms with E-state index in [9.17, 15) is 8.78 Å². The number of alkyl halides is 2. The van der Waals surface area contributed by atoms with Crippen LogP contribution < -0.4 is 5.73 Å². The van der Waals surface area contributed by atoms with Crippen LogP contribution in [0.5, 0.6) is 0 Å². The van der Waals surface area contributed by atoms with Crippen LogP contribution in [0.15, 0.2) is 0 Å². The first-order valence-electron chi connectivity index (χ1n) is 3.62. The van der Waals surface area contributed by atoms with Gasteiger partial charge in [-0.05, 0) is 13.0 Å². The first-order chi connectivity index (χ1) is 4.54. The van der Waals surface area contributed by atoms with Crippen molar-refractivity contribution in [3.63, 3.8) is 0 Å². The summed E-state index contributed by atoms with van der Waals surface area (Å²) in [5.74, 6) is -3.11. The quantitative estimate of drug-likeness (QED) is 0.653. The number of halogens is 2. The lowest BCUT2D eigenvalue weighted by Gasteiger charge is -2.21. The largest absolute Gasteiger partial charge is 0.330 e. The molecule has 10 heavy (non-hydrogen) atoms. The van der Waals surface area contributed by atoms with E-state index in [2.05, 4.69) is 0 Å². The molecule has 0 amide bonds. The van der Waals surface area contributed by atoms with Crippen LogP contribution in [0.25, 0.3) is 0 Å². The molecule has 0 fully saturated rings. The highest BCUT2D eigenvalue weighted by Gasteiger charge is 2.32. The highest BCUT2D eigenvalue weighted by atomic mass is 19.3. The zero-order valence-electron chi connectivity index (χ0n) is 6.53. The van der Waals surface area contributed by atoms with Crippen molar-refractivity contribution in [2.75, 3.05) is 6.54 Å². The molecule has 0 aliphatic heterocycles. The fraction of sp³-hybridized carbons (Fsp3) is 1.00. The molecule has 0 aliphatic carbocycles. The lowest BCUT2D eigenvalue weighted by molar-refractivity contribution is -0.0564. The van der Waals surface area contributed by atoms with Crippen molar-refractivity contribution >= 4 is 0 Å². The molecule has 0 aromatic heterocycles. The van der Waals surface area contributed by atoms with Crippen LogP contribution in [-0.2, 0) is 0 Å². The summed E-state index contributed by atoms with van der Waals surface area (Å²) in [6, 6.07) is 0. The van der Waals surface area contributed by atoms with Crippen LogP contribution in [-0.4, -0.2) is 12.5 Å². The Balaban J connectivity index is 3.78. The fourth-order valence-corrected chi connectivity index (χ4v) is 0.810. The third-order valence-corrected chi connectivity index (χ3v) is 1.79. The second kappa shape index (κ2) is 3.86. The number of nitrogens with two attached hydrogens (primary N) is 1. The number of rotatable bonds is 4. The standard InChI is InChI=1S/C7H15F2N/c1-3-7(8,9)6(2)4-5-10/h6H,3-5,10H2,1-2H3. The lowest BCUT2D eigenvalue weighted by Crippen LogP contribution is -2.26. The fourth-order valence-electron chi connectivity index (χ4n) is 0.810. The van der Waals surface area contributed by atoms with Gasteiger partial charge >= 0.3 is 0 Å². The van der Waals surface area contributed by atoms with Crippen LogP contribution in [0.4, 0.5) is 8.78 Å². The van der Waals surface area contributed by atoms with Crippen LogP contribution in [0, 0.1) is 5.92 Å². The smallest absolute Gasteiger partial charge is 0.250 e. The van der Waals surface area contributed by atoms with Gasteiger partial charge in [0.2, 0.25) is 5.92 Å². The Kier molecular flexibility index (Phi) is 3.79. The van der Waals surface area contributed by atoms with Crippen molar-refractivity contribution in [2.45, 2.75) is 32.6 Å². The Hall–Kier alpha value is -0.180. The Morgan fingerprint density at radius 1 is 1.50 bits per heavy atom. The molecule has 62 valence electrons. The van der Waals surface area contributed by atoms with Gasteiger partial charge in [0.05, 0.1) is 0 Å². The van der Waals surface area contributed by atoms with Gasteiger partial charge in [-0.1, -0.05) is 13.8 Å². The molecule has 0 bridgehead atoms. The van der Waals surface area contributed by atoms with Crippen LogP contribution in [0.3, 0.4) is 0 Å². The molecule has 0 rings (SSSR count). The average Bonchev–Trinajstić information content (AvgIpc) is 1.89. The van der Waals surface area contributed by atoms with E-state index in [1.165, 1.54) is 13.8 Å². The predicted molar refractivity (Wildman–Crippen MR) is 38.1 cm³/mol. The van der Waals surface area contributed by atoms with Gasteiger partial charge in [-0.15, -0.1) is 0 Å². The SMILES string of the molecule is CCC(F)(F)C(C)CCN. The molecule has 1 atom stereocenters. The molecule has 0 aliphatic rings. The van der Waals surface area contributed by atoms with Crippen molar-refractivity contribution in [1.82, 2.24) is 0 Å².